The lowest BCUT2D eigenvalue weighted by Crippen LogP contribution is -2.41. The van der Waals surface area contributed by atoms with Crippen molar-refractivity contribution in [3.8, 4) is 17.4 Å². The van der Waals surface area contributed by atoms with Crippen LogP contribution in [0.4, 0.5) is 11.4 Å². The van der Waals surface area contributed by atoms with Crippen molar-refractivity contribution in [1.82, 2.24) is 9.97 Å². The van der Waals surface area contributed by atoms with Crippen molar-refractivity contribution in [1.29, 1.82) is 0 Å². The van der Waals surface area contributed by atoms with Crippen LogP contribution in [0.2, 0.25) is 0 Å². The highest BCUT2D eigenvalue weighted by molar-refractivity contribution is 7.99. The standard InChI is InChI=1S/C28H26N4O4S/c1-34-26-14-18(9-11-29-26)16-31-19-7-8-22-25(15-19)37-24-6-2-4-20(27(24)36-22)23-17-32(12-13-35-23)21-5-3-10-30-28(21)33/h2-11,14-15,23,31H,12-13,16-17H2,1H3,(H,30,33). The summed E-state index contributed by atoms with van der Waals surface area (Å²) in [7, 11) is 1.62. The average molecular weight is 515 g/mol. The van der Waals surface area contributed by atoms with Crippen LogP contribution in [0.15, 0.2) is 87.6 Å². The SMILES string of the molecule is COc1cc(CNc2ccc3c(c2)Sc2cccc(C4CN(c5ccc[nH]c5=O)CCO4)c2O3)ccn1. The number of nitrogens with one attached hydrogen (secondary N) is 2. The van der Waals surface area contributed by atoms with Crippen LogP contribution in [-0.4, -0.2) is 36.8 Å². The number of rotatable bonds is 6. The largest absolute Gasteiger partial charge is 0.481 e. The number of ether oxygens (including phenoxy) is 3. The van der Waals surface area contributed by atoms with Gasteiger partial charge in [0.1, 0.15) is 23.3 Å². The number of nitrogens with zero attached hydrogens (tertiary/aromatic N) is 2. The van der Waals surface area contributed by atoms with Crippen LogP contribution in [0.3, 0.4) is 0 Å². The van der Waals surface area contributed by atoms with E-state index >= 15 is 0 Å². The molecule has 6 rings (SSSR count). The minimum absolute atomic E-state index is 0.0912. The van der Waals surface area contributed by atoms with Crippen LogP contribution in [0.25, 0.3) is 0 Å². The van der Waals surface area contributed by atoms with Gasteiger partial charge in [-0.25, -0.2) is 4.98 Å². The second-order valence-corrected chi connectivity index (χ2v) is 9.87. The fourth-order valence-electron chi connectivity index (χ4n) is 4.58. The molecule has 2 aromatic heterocycles. The van der Waals surface area contributed by atoms with Gasteiger partial charge in [0.15, 0.2) is 0 Å². The Kier molecular flexibility index (Phi) is 6.46. The van der Waals surface area contributed by atoms with Crippen molar-refractivity contribution in [3.63, 3.8) is 0 Å². The van der Waals surface area contributed by atoms with E-state index in [1.807, 2.05) is 48.5 Å². The van der Waals surface area contributed by atoms with Crippen molar-refractivity contribution in [2.24, 2.45) is 0 Å². The topological polar surface area (TPSA) is 88.7 Å². The van der Waals surface area contributed by atoms with Gasteiger partial charge in [-0.15, -0.1) is 0 Å². The van der Waals surface area contributed by atoms with Gasteiger partial charge in [-0.3, -0.25) is 4.79 Å². The molecule has 2 aromatic carbocycles. The number of benzene rings is 2. The zero-order chi connectivity index (χ0) is 25.2. The summed E-state index contributed by atoms with van der Waals surface area (Å²) in [5.41, 5.74) is 3.64. The van der Waals surface area contributed by atoms with Gasteiger partial charge in [-0.1, -0.05) is 23.9 Å². The van der Waals surface area contributed by atoms with Crippen LogP contribution >= 0.6 is 11.8 Å². The molecule has 1 saturated heterocycles. The maximum atomic E-state index is 12.3. The summed E-state index contributed by atoms with van der Waals surface area (Å²) in [5.74, 6) is 2.23. The lowest BCUT2D eigenvalue weighted by atomic mass is 10.1. The molecular weight excluding hydrogens is 488 g/mol. The van der Waals surface area contributed by atoms with E-state index in [2.05, 4.69) is 32.3 Å². The first-order valence-electron chi connectivity index (χ1n) is 12.1. The molecular formula is C28H26N4O4S. The van der Waals surface area contributed by atoms with E-state index in [9.17, 15) is 4.79 Å². The highest BCUT2D eigenvalue weighted by Crippen LogP contribution is 2.50. The third-order valence-corrected chi connectivity index (χ3v) is 7.52. The van der Waals surface area contributed by atoms with Gasteiger partial charge < -0.3 is 29.4 Å². The van der Waals surface area contributed by atoms with Gasteiger partial charge in [-0.05, 0) is 48.0 Å². The Labute approximate surface area is 218 Å². The summed E-state index contributed by atoms with van der Waals surface area (Å²) < 4.78 is 17.8. The molecule has 1 fully saturated rings. The highest BCUT2D eigenvalue weighted by Gasteiger charge is 2.29. The Morgan fingerprint density at radius 1 is 1.16 bits per heavy atom. The number of pyridine rings is 2. The van der Waals surface area contributed by atoms with Crippen molar-refractivity contribution < 1.29 is 14.2 Å². The van der Waals surface area contributed by atoms with E-state index in [1.54, 1.807) is 31.3 Å². The lowest BCUT2D eigenvalue weighted by Gasteiger charge is -2.35. The summed E-state index contributed by atoms with van der Waals surface area (Å²) >= 11 is 1.68. The Hall–Kier alpha value is -3.95. The van der Waals surface area contributed by atoms with Crippen LogP contribution in [-0.2, 0) is 11.3 Å². The highest BCUT2D eigenvalue weighted by atomic mass is 32.2. The molecule has 1 atom stereocenters. The van der Waals surface area contributed by atoms with Gasteiger partial charge in [0.2, 0.25) is 5.88 Å². The minimum atomic E-state index is -0.205. The molecule has 0 saturated carbocycles. The van der Waals surface area contributed by atoms with Crippen molar-refractivity contribution in [2.45, 2.75) is 22.4 Å². The second kappa shape index (κ2) is 10.2. The maximum absolute atomic E-state index is 12.3. The molecule has 9 heteroatoms. The quantitative estimate of drug-likeness (QED) is 0.319. The summed E-state index contributed by atoms with van der Waals surface area (Å²) in [6, 6.07) is 19.8. The second-order valence-electron chi connectivity index (χ2n) is 8.79. The molecule has 0 spiro atoms. The van der Waals surface area contributed by atoms with Crippen molar-refractivity contribution in [2.75, 3.05) is 37.0 Å². The molecule has 0 radical (unpaired) electrons. The number of hydrogen-bond acceptors (Lipinski definition) is 8. The Morgan fingerprint density at radius 2 is 2.11 bits per heavy atom. The molecule has 0 amide bonds. The number of aromatic nitrogens is 2. The third kappa shape index (κ3) is 4.87. The summed E-state index contributed by atoms with van der Waals surface area (Å²) in [6.45, 7) is 2.43. The van der Waals surface area contributed by atoms with Crippen LogP contribution in [0.5, 0.6) is 17.4 Å². The molecule has 4 aromatic rings. The number of fused-ring (bicyclic) bond motifs is 2. The first-order valence-corrected chi connectivity index (χ1v) is 12.9. The number of morpholine rings is 1. The van der Waals surface area contributed by atoms with E-state index < -0.39 is 0 Å². The number of H-pyrrole nitrogens is 1. The molecule has 37 heavy (non-hydrogen) atoms. The fraction of sp³-hybridized carbons (Fsp3) is 0.214. The molecule has 0 aliphatic carbocycles. The maximum Gasteiger partial charge on any atom is 0.271 e. The minimum Gasteiger partial charge on any atom is -0.481 e. The van der Waals surface area contributed by atoms with Gasteiger partial charge in [-0.2, -0.15) is 0 Å². The molecule has 8 nitrogen and oxygen atoms in total. The van der Waals surface area contributed by atoms with Crippen LogP contribution in [0, 0.1) is 0 Å². The predicted molar refractivity (Wildman–Crippen MR) is 143 cm³/mol. The first-order chi connectivity index (χ1) is 18.2. The lowest BCUT2D eigenvalue weighted by molar-refractivity contribution is 0.0382. The Bertz CT molecular complexity index is 1490. The van der Waals surface area contributed by atoms with E-state index in [1.165, 1.54) is 0 Å². The first kappa shape index (κ1) is 23.4. The third-order valence-electron chi connectivity index (χ3n) is 6.44. The van der Waals surface area contributed by atoms with Gasteiger partial charge in [0, 0.05) is 49.3 Å². The molecule has 2 N–H and O–H groups in total. The fourth-order valence-corrected chi connectivity index (χ4v) is 5.61. The summed E-state index contributed by atoms with van der Waals surface area (Å²) in [6.07, 6.45) is 3.19. The van der Waals surface area contributed by atoms with E-state index in [0.717, 1.165) is 38.1 Å². The molecule has 1 unspecified atom stereocenters. The predicted octanol–water partition coefficient (Wildman–Crippen LogP) is 5.23. The van der Waals surface area contributed by atoms with E-state index in [-0.39, 0.29) is 11.7 Å². The van der Waals surface area contributed by atoms with Gasteiger partial charge in [0.25, 0.3) is 5.56 Å². The number of hydrogen-bond donors (Lipinski definition) is 2. The Morgan fingerprint density at radius 3 is 3.00 bits per heavy atom. The molecule has 2 aliphatic rings. The number of aromatic amines is 1. The number of anilines is 2. The van der Waals surface area contributed by atoms with Crippen molar-refractivity contribution in [3.05, 3.63) is 94.5 Å². The smallest absolute Gasteiger partial charge is 0.271 e. The summed E-state index contributed by atoms with van der Waals surface area (Å²) in [4.78, 5) is 23.4. The number of methoxy groups -OCH3 is 1. The molecule has 2 aliphatic heterocycles. The van der Waals surface area contributed by atoms with Crippen molar-refractivity contribution >= 4 is 23.1 Å². The van der Waals surface area contributed by atoms with E-state index in [0.29, 0.717) is 37.8 Å². The summed E-state index contributed by atoms with van der Waals surface area (Å²) in [5, 5.41) is 3.47. The zero-order valence-electron chi connectivity index (χ0n) is 20.3. The Balaban J connectivity index is 1.20. The van der Waals surface area contributed by atoms with E-state index in [4.69, 9.17) is 14.2 Å². The van der Waals surface area contributed by atoms with Gasteiger partial charge in [0.05, 0.1) is 23.5 Å². The van der Waals surface area contributed by atoms with Crippen LogP contribution in [0.1, 0.15) is 17.2 Å². The molecule has 188 valence electrons. The van der Waals surface area contributed by atoms with Gasteiger partial charge >= 0.3 is 0 Å². The van der Waals surface area contributed by atoms with Crippen LogP contribution < -0.4 is 25.2 Å². The zero-order valence-corrected chi connectivity index (χ0v) is 21.1. The monoisotopic (exact) mass is 514 g/mol. The molecule has 4 heterocycles. The normalized spacial score (nSPS) is 16.4. The average Bonchev–Trinajstić information content (AvgIpc) is 2.95. The number of para-hydroxylation sites is 1. The molecule has 0 bridgehead atoms.